The van der Waals surface area contributed by atoms with Gasteiger partial charge in [-0.1, -0.05) is 19.3 Å². The van der Waals surface area contributed by atoms with Crippen molar-refractivity contribution in [3.05, 3.63) is 0 Å². The summed E-state index contributed by atoms with van der Waals surface area (Å²) < 4.78 is 10.6. The average molecular weight is 256 g/mol. The third kappa shape index (κ3) is 7.43. The van der Waals surface area contributed by atoms with E-state index in [0.717, 1.165) is 25.7 Å². The van der Waals surface area contributed by atoms with Crippen LogP contribution in [0.5, 0.6) is 0 Å². The summed E-state index contributed by atoms with van der Waals surface area (Å²) in [7, 11) is 0. The molecule has 1 aliphatic rings. The maximum Gasteiger partial charge on any atom is 0.332 e. The molecule has 0 saturated heterocycles. The highest BCUT2D eigenvalue weighted by Crippen LogP contribution is 2.20. The molecule has 0 spiro atoms. The van der Waals surface area contributed by atoms with Crippen molar-refractivity contribution in [2.45, 2.75) is 64.4 Å². The van der Waals surface area contributed by atoms with E-state index >= 15 is 0 Å². The molecule has 0 atom stereocenters. The molecule has 0 aromatic rings. The van der Waals surface area contributed by atoms with Crippen molar-refractivity contribution in [1.29, 1.82) is 0 Å². The third-order valence-electron chi connectivity index (χ3n) is 3.18. The number of carbonyl (C=O) groups excluding carboxylic acids is 2. The largest absolute Gasteiger partial charge is 0.464 e. The summed E-state index contributed by atoms with van der Waals surface area (Å²) in [5.41, 5.74) is 0. The smallest absolute Gasteiger partial charge is 0.332 e. The molecule has 0 radical (unpaired) electrons. The van der Waals surface area contributed by atoms with Crippen molar-refractivity contribution in [2.24, 2.45) is 0 Å². The number of esters is 1. The lowest BCUT2D eigenvalue weighted by molar-refractivity contribution is -0.151. The Hall–Kier alpha value is -0.900. The van der Waals surface area contributed by atoms with Gasteiger partial charge >= 0.3 is 5.97 Å². The molecule has 0 N–H and O–H groups in total. The van der Waals surface area contributed by atoms with Crippen LogP contribution in [0.25, 0.3) is 0 Å². The van der Waals surface area contributed by atoms with E-state index < -0.39 is 0 Å². The van der Waals surface area contributed by atoms with Gasteiger partial charge in [-0.05, 0) is 32.6 Å². The summed E-state index contributed by atoms with van der Waals surface area (Å²) in [6.45, 7) is 2.03. The van der Waals surface area contributed by atoms with Gasteiger partial charge in [-0.25, -0.2) is 4.79 Å². The van der Waals surface area contributed by atoms with Crippen LogP contribution >= 0.6 is 0 Å². The van der Waals surface area contributed by atoms with E-state index in [-0.39, 0.29) is 24.5 Å². The van der Waals surface area contributed by atoms with Crippen molar-refractivity contribution in [2.75, 3.05) is 13.2 Å². The second-order valence-electron chi connectivity index (χ2n) is 4.95. The van der Waals surface area contributed by atoms with Crippen LogP contribution in [0.3, 0.4) is 0 Å². The minimum absolute atomic E-state index is 0.0668. The number of unbranched alkanes of at least 4 members (excludes halogenated alkanes) is 1. The molecule has 0 unspecified atom stereocenters. The molecule has 0 bridgehead atoms. The Balaban J connectivity index is 1.94. The molecule has 4 heteroatoms. The van der Waals surface area contributed by atoms with Gasteiger partial charge in [-0.15, -0.1) is 0 Å². The van der Waals surface area contributed by atoms with Gasteiger partial charge in [0.25, 0.3) is 0 Å². The Morgan fingerprint density at radius 3 is 2.50 bits per heavy atom. The fourth-order valence-electron chi connectivity index (χ4n) is 2.12. The number of rotatable bonds is 8. The van der Waals surface area contributed by atoms with E-state index in [4.69, 9.17) is 9.47 Å². The van der Waals surface area contributed by atoms with Gasteiger partial charge in [-0.2, -0.15) is 0 Å². The van der Waals surface area contributed by atoms with Crippen LogP contribution in [0.15, 0.2) is 0 Å². The quantitative estimate of drug-likeness (QED) is 0.495. The summed E-state index contributed by atoms with van der Waals surface area (Å²) >= 11 is 0. The van der Waals surface area contributed by atoms with Crippen LogP contribution in [-0.4, -0.2) is 31.1 Å². The fourth-order valence-corrected chi connectivity index (χ4v) is 2.12. The standard InChI is InChI=1S/C14H24O4/c1-12(15)7-5-6-10-17-14(16)11-18-13-8-3-2-4-9-13/h13H,2-11H2,1H3. The second kappa shape index (κ2) is 9.09. The van der Waals surface area contributed by atoms with Gasteiger partial charge < -0.3 is 14.3 Å². The van der Waals surface area contributed by atoms with Gasteiger partial charge in [0.15, 0.2) is 0 Å². The van der Waals surface area contributed by atoms with E-state index in [1.165, 1.54) is 19.3 Å². The molecule has 104 valence electrons. The maximum absolute atomic E-state index is 11.4. The molecule has 0 amide bonds. The Labute approximate surface area is 109 Å². The first kappa shape index (κ1) is 15.2. The highest BCUT2D eigenvalue weighted by Gasteiger charge is 2.15. The van der Waals surface area contributed by atoms with Gasteiger partial charge in [0.2, 0.25) is 0 Å². The first-order chi connectivity index (χ1) is 8.68. The van der Waals surface area contributed by atoms with Crippen molar-refractivity contribution in [3.63, 3.8) is 0 Å². The van der Waals surface area contributed by atoms with E-state index in [0.29, 0.717) is 13.0 Å². The van der Waals surface area contributed by atoms with Crippen LogP contribution in [0.4, 0.5) is 0 Å². The second-order valence-corrected chi connectivity index (χ2v) is 4.95. The number of ketones is 1. The summed E-state index contributed by atoms with van der Waals surface area (Å²) in [5, 5.41) is 0. The molecule has 18 heavy (non-hydrogen) atoms. The topological polar surface area (TPSA) is 52.6 Å². The number of hydrogen-bond acceptors (Lipinski definition) is 4. The zero-order valence-electron chi connectivity index (χ0n) is 11.3. The molecule has 1 rings (SSSR count). The lowest BCUT2D eigenvalue weighted by Crippen LogP contribution is -2.22. The Morgan fingerprint density at radius 2 is 1.83 bits per heavy atom. The molecule has 0 aromatic carbocycles. The molecule has 0 aromatic heterocycles. The summed E-state index contributed by atoms with van der Waals surface area (Å²) in [6, 6.07) is 0. The Bertz CT molecular complexity index is 257. The van der Waals surface area contributed by atoms with Crippen LogP contribution in [-0.2, 0) is 19.1 Å². The van der Waals surface area contributed by atoms with Crippen molar-refractivity contribution in [3.8, 4) is 0 Å². The monoisotopic (exact) mass is 256 g/mol. The van der Waals surface area contributed by atoms with E-state index in [9.17, 15) is 9.59 Å². The fraction of sp³-hybridized carbons (Fsp3) is 0.857. The van der Waals surface area contributed by atoms with Crippen LogP contribution in [0, 0.1) is 0 Å². The van der Waals surface area contributed by atoms with Crippen molar-refractivity contribution >= 4 is 11.8 Å². The average Bonchev–Trinajstić information content (AvgIpc) is 2.37. The first-order valence-electron chi connectivity index (χ1n) is 6.95. The van der Waals surface area contributed by atoms with Gasteiger partial charge in [0, 0.05) is 6.42 Å². The SMILES string of the molecule is CC(=O)CCCCOC(=O)COC1CCCCC1. The predicted octanol–water partition coefficient (Wildman–Crippen LogP) is 2.64. The summed E-state index contributed by atoms with van der Waals surface area (Å²) in [5.74, 6) is -0.106. The molecular weight excluding hydrogens is 232 g/mol. The number of hydrogen-bond donors (Lipinski definition) is 0. The first-order valence-corrected chi connectivity index (χ1v) is 6.95. The molecule has 1 saturated carbocycles. The van der Waals surface area contributed by atoms with Crippen molar-refractivity contribution in [1.82, 2.24) is 0 Å². The molecule has 1 fully saturated rings. The van der Waals surface area contributed by atoms with E-state index in [1.54, 1.807) is 6.92 Å². The summed E-state index contributed by atoms with van der Waals surface area (Å²) in [6.07, 6.45) is 8.13. The Kier molecular flexibility index (Phi) is 7.65. The normalized spacial score (nSPS) is 16.5. The number of Topliss-reactive ketones (excluding diaryl/α,β-unsaturated/α-hetero) is 1. The van der Waals surface area contributed by atoms with Gasteiger partial charge in [0.05, 0.1) is 12.7 Å². The highest BCUT2D eigenvalue weighted by molar-refractivity contribution is 5.75. The molecule has 0 heterocycles. The van der Waals surface area contributed by atoms with Crippen LogP contribution in [0.2, 0.25) is 0 Å². The van der Waals surface area contributed by atoms with Crippen LogP contribution in [0.1, 0.15) is 58.3 Å². The molecule has 0 aliphatic heterocycles. The van der Waals surface area contributed by atoms with E-state index in [2.05, 4.69) is 0 Å². The number of ether oxygens (including phenoxy) is 2. The molecular formula is C14H24O4. The minimum Gasteiger partial charge on any atom is -0.464 e. The maximum atomic E-state index is 11.4. The summed E-state index contributed by atoms with van der Waals surface area (Å²) in [4.78, 5) is 22.1. The van der Waals surface area contributed by atoms with Crippen LogP contribution < -0.4 is 0 Å². The van der Waals surface area contributed by atoms with Crippen molar-refractivity contribution < 1.29 is 19.1 Å². The highest BCUT2D eigenvalue weighted by atomic mass is 16.6. The van der Waals surface area contributed by atoms with E-state index in [1.807, 2.05) is 0 Å². The zero-order valence-corrected chi connectivity index (χ0v) is 11.3. The lowest BCUT2D eigenvalue weighted by atomic mass is 9.98. The molecule has 1 aliphatic carbocycles. The van der Waals surface area contributed by atoms with Gasteiger partial charge in [0.1, 0.15) is 12.4 Å². The predicted molar refractivity (Wildman–Crippen MR) is 68.3 cm³/mol. The minimum atomic E-state index is -0.289. The molecule has 4 nitrogen and oxygen atoms in total. The zero-order chi connectivity index (χ0) is 13.2. The van der Waals surface area contributed by atoms with Gasteiger partial charge in [-0.3, -0.25) is 0 Å². The Morgan fingerprint density at radius 1 is 1.11 bits per heavy atom. The third-order valence-corrected chi connectivity index (χ3v) is 3.18. The lowest BCUT2D eigenvalue weighted by Gasteiger charge is -2.21. The number of carbonyl (C=O) groups is 2.